The summed E-state index contributed by atoms with van der Waals surface area (Å²) >= 11 is 1.80. The van der Waals surface area contributed by atoms with Crippen LogP contribution in [-0.2, 0) is 6.42 Å². The van der Waals surface area contributed by atoms with E-state index in [4.69, 9.17) is 5.73 Å². The summed E-state index contributed by atoms with van der Waals surface area (Å²) in [6, 6.07) is 2.71. The predicted octanol–water partition coefficient (Wildman–Crippen LogP) is 3.20. The highest BCUT2D eigenvalue weighted by atomic mass is 32.1. The van der Waals surface area contributed by atoms with Crippen LogP contribution in [0.25, 0.3) is 0 Å². The van der Waals surface area contributed by atoms with Crippen LogP contribution in [0.1, 0.15) is 37.7 Å². The zero-order chi connectivity index (χ0) is 9.80. The molecule has 2 atom stereocenters. The summed E-state index contributed by atoms with van der Waals surface area (Å²) in [5.74, 6) is 0.835. The van der Waals surface area contributed by atoms with Crippen LogP contribution in [-0.4, -0.2) is 6.04 Å². The van der Waals surface area contributed by atoms with Crippen molar-refractivity contribution in [2.45, 2.75) is 44.6 Å². The molecule has 0 aromatic carbocycles. The lowest BCUT2D eigenvalue weighted by Gasteiger charge is -2.15. The summed E-state index contributed by atoms with van der Waals surface area (Å²) in [6.07, 6.45) is 7.81. The van der Waals surface area contributed by atoms with Crippen molar-refractivity contribution in [3.8, 4) is 0 Å². The molecule has 78 valence electrons. The fourth-order valence-corrected chi connectivity index (χ4v) is 3.11. The van der Waals surface area contributed by atoms with Gasteiger partial charge >= 0.3 is 0 Å². The molecule has 1 aromatic rings. The van der Waals surface area contributed by atoms with Gasteiger partial charge in [-0.3, -0.25) is 0 Å². The number of rotatable bonds is 2. The van der Waals surface area contributed by atoms with Gasteiger partial charge in [-0.1, -0.05) is 19.3 Å². The molecule has 0 spiro atoms. The fraction of sp³-hybridized carbons (Fsp3) is 0.667. The van der Waals surface area contributed by atoms with Crippen molar-refractivity contribution in [2.24, 2.45) is 11.7 Å². The van der Waals surface area contributed by atoms with Gasteiger partial charge in [-0.2, -0.15) is 11.3 Å². The first-order valence-electron chi connectivity index (χ1n) is 5.61. The molecule has 1 fully saturated rings. The molecule has 1 heterocycles. The minimum Gasteiger partial charge on any atom is -0.328 e. The average molecular weight is 209 g/mol. The van der Waals surface area contributed by atoms with Gasteiger partial charge in [0, 0.05) is 6.04 Å². The summed E-state index contributed by atoms with van der Waals surface area (Å²) in [7, 11) is 0. The van der Waals surface area contributed by atoms with Crippen LogP contribution < -0.4 is 5.73 Å². The highest BCUT2D eigenvalue weighted by Crippen LogP contribution is 2.26. The molecule has 0 bridgehead atoms. The van der Waals surface area contributed by atoms with Crippen LogP contribution >= 0.6 is 11.3 Å². The van der Waals surface area contributed by atoms with Crippen LogP contribution in [0.2, 0.25) is 0 Å². The van der Waals surface area contributed by atoms with E-state index in [2.05, 4.69) is 16.8 Å². The van der Waals surface area contributed by atoms with E-state index >= 15 is 0 Å². The van der Waals surface area contributed by atoms with E-state index in [1.54, 1.807) is 11.3 Å². The van der Waals surface area contributed by atoms with Gasteiger partial charge in [0.1, 0.15) is 0 Å². The molecule has 1 aliphatic rings. The quantitative estimate of drug-likeness (QED) is 0.744. The lowest BCUT2D eigenvalue weighted by atomic mass is 9.92. The summed E-state index contributed by atoms with van der Waals surface area (Å²) in [4.78, 5) is 0. The van der Waals surface area contributed by atoms with Gasteiger partial charge in [0.05, 0.1) is 0 Å². The Hall–Kier alpha value is -0.340. The Morgan fingerprint density at radius 2 is 2.21 bits per heavy atom. The van der Waals surface area contributed by atoms with Crippen molar-refractivity contribution < 1.29 is 0 Å². The van der Waals surface area contributed by atoms with Crippen molar-refractivity contribution in [3.05, 3.63) is 22.4 Å². The maximum Gasteiger partial charge on any atom is 0.00415 e. The summed E-state index contributed by atoms with van der Waals surface area (Å²) < 4.78 is 0. The van der Waals surface area contributed by atoms with E-state index in [-0.39, 0.29) is 0 Å². The molecular formula is C12H19NS. The Kier molecular flexibility index (Phi) is 3.60. The van der Waals surface area contributed by atoms with Crippen LogP contribution in [0.5, 0.6) is 0 Å². The van der Waals surface area contributed by atoms with Crippen molar-refractivity contribution in [1.29, 1.82) is 0 Å². The van der Waals surface area contributed by atoms with Gasteiger partial charge in [-0.15, -0.1) is 0 Å². The van der Waals surface area contributed by atoms with E-state index in [9.17, 15) is 0 Å². The Morgan fingerprint density at radius 1 is 1.36 bits per heavy atom. The standard InChI is InChI=1S/C12H19NS/c13-12-4-2-1-3-10(8-12)7-11-5-6-14-9-11/h5-6,9-10,12H,1-4,7-8,13H2. The monoisotopic (exact) mass is 209 g/mol. The van der Waals surface area contributed by atoms with Gasteiger partial charge in [0.15, 0.2) is 0 Å². The molecule has 1 saturated carbocycles. The van der Waals surface area contributed by atoms with Gasteiger partial charge in [0.25, 0.3) is 0 Å². The van der Waals surface area contributed by atoms with Gasteiger partial charge in [-0.05, 0) is 47.6 Å². The number of hydrogen-bond acceptors (Lipinski definition) is 2. The Balaban J connectivity index is 1.90. The number of thiophene rings is 1. The van der Waals surface area contributed by atoms with Crippen LogP contribution in [0.3, 0.4) is 0 Å². The van der Waals surface area contributed by atoms with Crippen molar-refractivity contribution in [3.63, 3.8) is 0 Å². The first-order valence-corrected chi connectivity index (χ1v) is 6.55. The Morgan fingerprint density at radius 3 is 3.00 bits per heavy atom. The predicted molar refractivity (Wildman–Crippen MR) is 62.6 cm³/mol. The molecule has 0 radical (unpaired) electrons. The van der Waals surface area contributed by atoms with E-state index in [0.717, 1.165) is 5.92 Å². The molecule has 2 unspecified atom stereocenters. The van der Waals surface area contributed by atoms with E-state index < -0.39 is 0 Å². The number of hydrogen-bond donors (Lipinski definition) is 1. The third-order valence-electron chi connectivity index (χ3n) is 3.18. The van der Waals surface area contributed by atoms with Crippen LogP contribution in [0, 0.1) is 5.92 Å². The van der Waals surface area contributed by atoms with Gasteiger partial charge in [-0.25, -0.2) is 0 Å². The fourth-order valence-electron chi connectivity index (χ4n) is 2.43. The lowest BCUT2D eigenvalue weighted by Crippen LogP contribution is -2.22. The summed E-state index contributed by atoms with van der Waals surface area (Å²) in [5, 5.41) is 4.45. The molecule has 2 rings (SSSR count). The third-order valence-corrected chi connectivity index (χ3v) is 3.91. The van der Waals surface area contributed by atoms with E-state index in [0.29, 0.717) is 6.04 Å². The molecule has 2 N–H and O–H groups in total. The zero-order valence-corrected chi connectivity index (χ0v) is 9.43. The molecule has 0 aliphatic heterocycles. The molecule has 14 heavy (non-hydrogen) atoms. The summed E-state index contributed by atoms with van der Waals surface area (Å²) in [6.45, 7) is 0. The van der Waals surface area contributed by atoms with Crippen molar-refractivity contribution in [2.75, 3.05) is 0 Å². The molecule has 0 saturated heterocycles. The topological polar surface area (TPSA) is 26.0 Å². The highest BCUT2D eigenvalue weighted by molar-refractivity contribution is 7.07. The molecule has 0 amide bonds. The Labute approximate surface area is 90.3 Å². The molecular weight excluding hydrogens is 190 g/mol. The van der Waals surface area contributed by atoms with Crippen molar-refractivity contribution in [1.82, 2.24) is 0 Å². The molecule has 1 aliphatic carbocycles. The van der Waals surface area contributed by atoms with E-state index in [1.807, 2.05) is 0 Å². The van der Waals surface area contributed by atoms with Gasteiger partial charge < -0.3 is 5.73 Å². The van der Waals surface area contributed by atoms with E-state index in [1.165, 1.54) is 44.1 Å². The summed E-state index contributed by atoms with van der Waals surface area (Å²) in [5.41, 5.74) is 7.57. The maximum atomic E-state index is 6.06. The van der Waals surface area contributed by atoms with Crippen LogP contribution in [0.4, 0.5) is 0 Å². The molecule has 2 heteroatoms. The molecule has 1 nitrogen and oxygen atoms in total. The lowest BCUT2D eigenvalue weighted by molar-refractivity contribution is 0.431. The minimum atomic E-state index is 0.459. The van der Waals surface area contributed by atoms with Crippen LogP contribution in [0.15, 0.2) is 16.8 Å². The van der Waals surface area contributed by atoms with Gasteiger partial charge in [0.2, 0.25) is 0 Å². The number of nitrogens with two attached hydrogens (primary N) is 1. The highest BCUT2D eigenvalue weighted by Gasteiger charge is 2.17. The largest absolute Gasteiger partial charge is 0.328 e. The molecule has 1 aromatic heterocycles. The third kappa shape index (κ3) is 2.82. The first kappa shape index (κ1) is 10.2. The first-order chi connectivity index (χ1) is 6.84. The Bertz CT molecular complexity index is 255. The minimum absolute atomic E-state index is 0.459. The normalized spacial score (nSPS) is 28.6. The SMILES string of the molecule is NC1CCCCC(Cc2ccsc2)C1. The van der Waals surface area contributed by atoms with Crippen molar-refractivity contribution >= 4 is 11.3 Å². The smallest absolute Gasteiger partial charge is 0.00415 e. The maximum absolute atomic E-state index is 6.06. The second kappa shape index (κ2) is 4.94. The second-order valence-electron chi connectivity index (χ2n) is 4.48. The zero-order valence-electron chi connectivity index (χ0n) is 8.61. The second-order valence-corrected chi connectivity index (χ2v) is 5.26. The average Bonchev–Trinajstić information content (AvgIpc) is 2.56.